The van der Waals surface area contributed by atoms with Gasteiger partial charge in [0.15, 0.2) is 0 Å². The standard InChI is InChI=1S/C9H10N2/c10-11-9-6-2-4-7-3-1-5-8(7)9/h1-2,4-6,11H,3,10H2. The molecule has 11 heavy (non-hydrogen) atoms. The lowest BCUT2D eigenvalue weighted by atomic mass is 10.1. The minimum atomic E-state index is 1.01. The Morgan fingerprint density at radius 2 is 2.27 bits per heavy atom. The van der Waals surface area contributed by atoms with Gasteiger partial charge in [-0.2, -0.15) is 0 Å². The third kappa shape index (κ3) is 0.917. The Morgan fingerprint density at radius 3 is 3.09 bits per heavy atom. The van der Waals surface area contributed by atoms with Gasteiger partial charge in [0.2, 0.25) is 0 Å². The molecule has 1 aliphatic carbocycles. The zero-order valence-corrected chi connectivity index (χ0v) is 6.17. The van der Waals surface area contributed by atoms with Crippen molar-refractivity contribution in [3.8, 4) is 0 Å². The van der Waals surface area contributed by atoms with Crippen molar-refractivity contribution in [1.29, 1.82) is 0 Å². The second-order valence-electron chi connectivity index (χ2n) is 2.63. The molecule has 1 aliphatic rings. The molecule has 1 aromatic carbocycles. The molecule has 0 aromatic heterocycles. The number of benzene rings is 1. The van der Waals surface area contributed by atoms with Gasteiger partial charge >= 0.3 is 0 Å². The van der Waals surface area contributed by atoms with E-state index in [1.165, 1.54) is 11.1 Å². The van der Waals surface area contributed by atoms with Crippen LogP contribution in [0.4, 0.5) is 5.69 Å². The van der Waals surface area contributed by atoms with E-state index in [0.29, 0.717) is 0 Å². The van der Waals surface area contributed by atoms with Crippen molar-refractivity contribution in [2.45, 2.75) is 6.42 Å². The second-order valence-corrected chi connectivity index (χ2v) is 2.63. The highest BCUT2D eigenvalue weighted by atomic mass is 15.2. The summed E-state index contributed by atoms with van der Waals surface area (Å²) in [4.78, 5) is 0. The summed E-state index contributed by atoms with van der Waals surface area (Å²) in [5.41, 5.74) is 6.27. The van der Waals surface area contributed by atoms with Gasteiger partial charge in [0.1, 0.15) is 0 Å². The van der Waals surface area contributed by atoms with E-state index in [1.54, 1.807) is 0 Å². The highest BCUT2D eigenvalue weighted by molar-refractivity contribution is 5.72. The normalized spacial score (nSPS) is 13.2. The van der Waals surface area contributed by atoms with Crippen molar-refractivity contribution in [1.82, 2.24) is 0 Å². The van der Waals surface area contributed by atoms with E-state index < -0.39 is 0 Å². The van der Waals surface area contributed by atoms with Crippen LogP contribution in [-0.4, -0.2) is 0 Å². The third-order valence-electron chi connectivity index (χ3n) is 1.97. The quantitative estimate of drug-likeness (QED) is 0.466. The largest absolute Gasteiger partial charge is 0.324 e. The number of anilines is 1. The highest BCUT2D eigenvalue weighted by Crippen LogP contribution is 2.25. The molecule has 2 heteroatoms. The Hall–Kier alpha value is -1.28. The smallest absolute Gasteiger partial charge is 0.0560 e. The number of nitrogen functional groups attached to an aromatic ring is 1. The van der Waals surface area contributed by atoms with E-state index in [1.807, 2.05) is 12.1 Å². The molecule has 0 saturated heterocycles. The lowest BCUT2D eigenvalue weighted by Gasteiger charge is -2.05. The predicted octanol–water partition coefficient (Wildman–Crippen LogP) is 1.54. The topological polar surface area (TPSA) is 38.0 Å². The van der Waals surface area contributed by atoms with E-state index in [2.05, 4.69) is 23.6 Å². The molecule has 0 atom stereocenters. The number of rotatable bonds is 1. The number of nitrogens with two attached hydrogens (primary N) is 1. The van der Waals surface area contributed by atoms with Crippen molar-refractivity contribution < 1.29 is 0 Å². The average Bonchev–Trinajstić information content (AvgIpc) is 2.50. The number of allylic oxidation sites excluding steroid dienone is 1. The molecule has 0 amide bonds. The first kappa shape index (κ1) is 6.43. The minimum absolute atomic E-state index is 1.01. The van der Waals surface area contributed by atoms with E-state index in [0.717, 1.165) is 12.1 Å². The van der Waals surface area contributed by atoms with Crippen LogP contribution in [0.25, 0.3) is 6.08 Å². The maximum Gasteiger partial charge on any atom is 0.0560 e. The van der Waals surface area contributed by atoms with Crippen LogP contribution in [0, 0.1) is 0 Å². The molecule has 0 saturated carbocycles. The lowest BCUT2D eigenvalue weighted by molar-refractivity contribution is 1.28. The Kier molecular flexibility index (Phi) is 1.40. The van der Waals surface area contributed by atoms with Crippen LogP contribution in [-0.2, 0) is 6.42 Å². The van der Waals surface area contributed by atoms with Crippen molar-refractivity contribution in [3.05, 3.63) is 35.4 Å². The van der Waals surface area contributed by atoms with Gasteiger partial charge in [0.05, 0.1) is 5.69 Å². The van der Waals surface area contributed by atoms with Crippen molar-refractivity contribution in [2.24, 2.45) is 5.84 Å². The summed E-state index contributed by atoms with van der Waals surface area (Å²) >= 11 is 0. The Labute approximate surface area is 65.7 Å². The first-order valence-corrected chi connectivity index (χ1v) is 3.67. The van der Waals surface area contributed by atoms with Crippen LogP contribution < -0.4 is 11.3 Å². The molecule has 0 aliphatic heterocycles. The zero-order valence-electron chi connectivity index (χ0n) is 6.17. The molecule has 56 valence electrons. The van der Waals surface area contributed by atoms with Crippen LogP contribution in [0.5, 0.6) is 0 Å². The molecule has 2 nitrogen and oxygen atoms in total. The van der Waals surface area contributed by atoms with E-state index in [-0.39, 0.29) is 0 Å². The molecule has 3 N–H and O–H groups in total. The number of hydrazine groups is 1. The van der Waals surface area contributed by atoms with Gasteiger partial charge in [0.25, 0.3) is 0 Å². The van der Waals surface area contributed by atoms with Crippen molar-refractivity contribution in [2.75, 3.05) is 5.43 Å². The first-order valence-electron chi connectivity index (χ1n) is 3.67. The van der Waals surface area contributed by atoms with Gasteiger partial charge in [-0.15, -0.1) is 0 Å². The number of fused-ring (bicyclic) bond motifs is 1. The number of nitrogens with one attached hydrogen (secondary N) is 1. The maximum absolute atomic E-state index is 5.34. The van der Waals surface area contributed by atoms with Crippen LogP contribution in [0.15, 0.2) is 24.3 Å². The zero-order chi connectivity index (χ0) is 7.68. The fraction of sp³-hybridized carbons (Fsp3) is 0.111. The highest BCUT2D eigenvalue weighted by Gasteiger charge is 2.07. The fourth-order valence-corrected chi connectivity index (χ4v) is 1.42. The van der Waals surface area contributed by atoms with Gasteiger partial charge in [-0.3, -0.25) is 5.84 Å². The molecule has 0 heterocycles. The first-order chi connectivity index (χ1) is 5.42. The molecule has 0 bridgehead atoms. The number of hydrogen-bond donors (Lipinski definition) is 2. The lowest BCUT2D eigenvalue weighted by Crippen LogP contribution is -2.08. The van der Waals surface area contributed by atoms with E-state index >= 15 is 0 Å². The van der Waals surface area contributed by atoms with Gasteiger partial charge in [0, 0.05) is 5.56 Å². The Balaban J connectivity index is 2.57. The Morgan fingerprint density at radius 1 is 1.36 bits per heavy atom. The van der Waals surface area contributed by atoms with Gasteiger partial charge in [-0.1, -0.05) is 24.3 Å². The fourth-order valence-electron chi connectivity index (χ4n) is 1.42. The van der Waals surface area contributed by atoms with Crippen molar-refractivity contribution in [3.63, 3.8) is 0 Å². The Bertz CT molecular complexity index is 302. The predicted molar refractivity (Wildman–Crippen MR) is 47.0 cm³/mol. The van der Waals surface area contributed by atoms with Gasteiger partial charge < -0.3 is 5.43 Å². The van der Waals surface area contributed by atoms with Gasteiger partial charge in [-0.25, -0.2) is 0 Å². The summed E-state index contributed by atoms with van der Waals surface area (Å²) in [6.07, 6.45) is 5.28. The molecule has 0 fully saturated rings. The van der Waals surface area contributed by atoms with Gasteiger partial charge in [-0.05, 0) is 18.1 Å². The number of hydrogen-bond acceptors (Lipinski definition) is 2. The maximum atomic E-state index is 5.34. The van der Waals surface area contributed by atoms with Crippen LogP contribution in [0.1, 0.15) is 11.1 Å². The molecule has 0 radical (unpaired) electrons. The summed E-state index contributed by atoms with van der Waals surface area (Å²) in [7, 11) is 0. The van der Waals surface area contributed by atoms with E-state index in [9.17, 15) is 0 Å². The molecule has 2 rings (SSSR count). The summed E-state index contributed by atoms with van der Waals surface area (Å²) in [6, 6.07) is 6.12. The molecule has 1 aromatic rings. The molecule has 0 spiro atoms. The van der Waals surface area contributed by atoms with Crippen LogP contribution >= 0.6 is 0 Å². The summed E-state index contributed by atoms with van der Waals surface area (Å²) in [6.45, 7) is 0. The summed E-state index contributed by atoms with van der Waals surface area (Å²) < 4.78 is 0. The third-order valence-corrected chi connectivity index (χ3v) is 1.97. The van der Waals surface area contributed by atoms with E-state index in [4.69, 9.17) is 5.84 Å². The minimum Gasteiger partial charge on any atom is -0.324 e. The second kappa shape index (κ2) is 2.40. The molecular weight excluding hydrogens is 136 g/mol. The molecular formula is C9H10N2. The summed E-state index contributed by atoms with van der Waals surface area (Å²) in [5.74, 6) is 5.34. The van der Waals surface area contributed by atoms with Crippen molar-refractivity contribution >= 4 is 11.8 Å². The van der Waals surface area contributed by atoms with Crippen LogP contribution in [0.2, 0.25) is 0 Å². The summed E-state index contributed by atoms with van der Waals surface area (Å²) in [5, 5.41) is 0. The monoisotopic (exact) mass is 146 g/mol. The van der Waals surface area contributed by atoms with Crippen LogP contribution in [0.3, 0.4) is 0 Å². The SMILES string of the molecule is NNc1cccc2c1C=CC2. The average molecular weight is 146 g/mol. The molecule has 0 unspecified atom stereocenters.